The van der Waals surface area contributed by atoms with E-state index >= 15 is 0 Å². The average Bonchev–Trinajstić information content (AvgIpc) is 2.95. The molecule has 0 atom stereocenters. The van der Waals surface area contributed by atoms with Crippen molar-refractivity contribution in [2.24, 2.45) is 0 Å². The van der Waals surface area contributed by atoms with Crippen LogP contribution in [0.15, 0.2) is 72.8 Å². The predicted molar refractivity (Wildman–Crippen MR) is 99.5 cm³/mol. The van der Waals surface area contributed by atoms with Gasteiger partial charge in [-0.15, -0.1) is 0 Å². The van der Waals surface area contributed by atoms with Gasteiger partial charge in [-0.1, -0.05) is 36.4 Å². The first-order chi connectivity index (χ1) is 11.8. The minimum absolute atomic E-state index is 0.0887. The lowest BCUT2D eigenvalue weighted by Crippen LogP contribution is -2.11. The Morgan fingerprint density at radius 1 is 0.875 bits per heavy atom. The summed E-state index contributed by atoms with van der Waals surface area (Å²) < 4.78 is 2.30. The third-order valence-electron chi connectivity index (χ3n) is 4.38. The quantitative estimate of drug-likeness (QED) is 0.563. The van der Waals surface area contributed by atoms with E-state index in [1.165, 1.54) is 21.8 Å². The summed E-state index contributed by atoms with van der Waals surface area (Å²) in [5.74, 6) is -0.0887. The zero-order valence-corrected chi connectivity index (χ0v) is 13.5. The van der Waals surface area contributed by atoms with Crippen LogP contribution in [0.3, 0.4) is 0 Å². The van der Waals surface area contributed by atoms with Gasteiger partial charge < -0.3 is 9.88 Å². The van der Waals surface area contributed by atoms with Crippen LogP contribution in [0, 0.1) is 0 Å². The number of aryl methyl sites for hydroxylation is 1. The molecule has 3 aromatic carbocycles. The Bertz CT molecular complexity index is 1030. The van der Waals surface area contributed by atoms with Gasteiger partial charge >= 0.3 is 0 Å². The number of hydrogen-bond acceptors (Lipinski definition) is 1. The first-order valence-corrected chi connectivity index (χ1v) is 8.15. The summed E-state index contributed by atoms with van der Waals surface area (Å²) in [5.41, 5.74) is 3.89. The van der Waals surface area contributed by atoms with Gasteiger partial charge in [0.05, 0.1) is 0 Å². The Kier molecular flexibility index (Phi) is 3.54. The zero-order chi connectivity index (χ0) is 16.5. The number of nitrogens with zero attached hydrogens (tertiary/aromatic N) is 1. The lowest BCUT2D eigenvalue weighted by atomic mass is 10.1. The van der Waals surface area contributed by atoms with Gasteiger partial charge in [-0.3, -0.25) is 4.79 Å². The number of nitrogens with one attached hydrogen (secondary N) is 1. The molecule has 1 heterocycles. The number of benzene rings is 3. The Morgan fingerprint density at radius 3 is 2.38 bits per heavy atom. The number of hydrogen-bond donors (Lipinski definition) is 1. The van der Waals surface area contributed by atoms with E-state index in [9.17, 15) is 4.79 Å². The molecule has 1 N–H and O–H groups in total. The molecule has 0 aliphatic rings. The summed E-state index contributed by atoms with van der Waals surface area (Å²) in [5, 5.41) is 5.37. The Balaban J connectivity index is 1.78. The minimum Gasteiger partial charge on any atom is -0.341 e. The van der Waals surface area contributed by atoms with Crippen molar-refractivity contribution in [1.29, 1.82) is 0 Å². The van der Waals surface area contributed by atoms with Crippen molar-refractivity contribution < 1.29 is 4.79 Å². The van der Waals surface area contributed by atoms with Crippen molar-refractivity contribution in [3.63, 3.8) is 0 Å². The highest BCUT2D eigenvalue weighted by atomic mass is 16.1. The summed E-state index contributed by atoms with van der Waals surface area (Å²) in [6, 6.07) is 23.8. The Labute approximate surface area is 140 Å². The highest BCUT2D eigenvalue weighted by Crippen LogP contribution is 2.31. The van der Waals surface area contributed by atoms with Crippen molar-refractivity contribution in [3.8, 4) is 0 Å². The second-order valence-electron chi connectivity index (χ2n) is 5.81. The minimum atomic E-state index is -0.0887. The third-order valence-corrected chi connectivity index (χ3v) is 4.38. The molecular formula is C21H18N2O. The van der Waals surface area contributed by atoms with E-state index in [0.717, 1.165) is 12.2 Å². The topological polar surface area (TPSA) is 34.0 Å². The summed E-state index contributed by atoms with van der Waals surface area (Å²) in [6.45, 7) is 3.07. The first-order valence-electron chi connectivity index (χ1n) is 8.15. The molecule has 4 rings (SSSR count). The molecule has 1 amide bonds. The molecule has 24 heavy (non-hydrogen) atoms. The number of carbonyl (C=O) groups excluding carboxylic acids is 1. The van der Waals surface area contributed by atoms with Crippen LogP contribution in [0.5, 0.6) is 0 Å². The van der Waals surface area contributed by atoms with Gasteiger partial charge in [0.25, 0.3) is 5.91 Å². The van der Waals surface area contributed by atoms with Crippen LogP contribution in [0.1, 0.15) is 17.3 Å². The molecule has 3 heteroatoms. The highest BCUT2D eigenvalue weighted by molar-refractivity contribution is 6.11. The van der Waals surface area contributed by atoms with E-state index in [-0.39, 0.29) is 5.91 Å². The summed E-state index contributed by atoms with van der Waals surface area (Å²) in [4.78, 5) is 12.4. The number of fused-ring (bicyclic) bond motifs is 3. The molecule has 0 unspecified atom stereocenters. The van der Waals surface area contributed by atoms with Gasteiger partial charge in [0.1, 0.15) is 0 Å². The van der Waals surface area contributed by atoms with Crippen molar-refractivity contribution in [2.45, 2.75) is 13.5 Å². The largest absolute Gasteiger partial charge is 0.341 e. The van der Waals surface area contributed by atoms with E-state index in [1.807, 2.05) is 36.4 Å². The van der Waals surface area contributed by atoms with Gasteiger partial charge in [0.15, 0.2) is 0 Å². The predicted octanol–water partition coefficient (Wildman–Crippen LogP) is 5.07. The Morgan fingerprint density at radius 2 is 1.58 bits per heavy atom. The third kappa shape index (κ3) is 2.35. The van der Waals surface area contributed by atoms with Crippen LogP contribution in [0.2, 0.25) is 0 Å². The molecule has 0 spiro atoms. The molecule has 0 bridgehead atoms. The van der Waals surface area contributed by atoms with Crippen LogP contribution >= 0.6 is 0 Å². The second kappa shape index (κ2) is 5.85. The molecule has 0 saturated heterocycles. The SMILES string of the molecule is CCn1c2ccccc2c2cc(NC(=O)c3ccccc3)ccc21. The lowest BCUT2D eigenvalue weighted by Gasteiger charge is -2.06. The second-order valence-corrected chi connectivity index (χ2v) is 5.81. The van der Waals surface area contributed by atoms with Crippen molar-refractivity contribution in [3.05, 3.63) is 78.4 Å². The van der Waals surface area contributed by atoms with E-state index < -0.39 is 0 Å². The molecule has 118 valence electrons. The van der Waals surface area contributed by atoms with Gasteiger partial charge in [-0.05, 0) is 43.3 Å². The van der Waals surface area contributed by atoms with E-state index in [4.69, 9.17) is 0 Å². The zero-order valence-electron chi connectivity index (χ0n) is 13.5. The maximum atomic E-state index is 12.4. The first kappa shape index (κ1) is 14.5. The number of aromatic nitrogens is 1. The lowest BCUT2D eigenvalue weighted by molar-refractivity contribution is 0.102. The van der Waals surface area contributed by atoms with Crippen molar-refractivity contribution in [2.75, 3.05) is 5.32 Å². The molecule has 0 saturated carbocycles. The van der Waals surface area contributed by atoms with Crippen LogP contribution in [-0.2, 0) is 6.54 Å². The fourth-order valence-corrected chi connectivity index (χ4v) is 3.26. The molecular weight excluding hydrogens is 296 g/mol. The number of carbonyl (C=O) groups is 1. The summed E-state index contributed by atoms with van der Waals surface area (Å²) in [6.07, 6.45) is 0. The summed E-state index contributed by atoms with van der Waals surface area (Å²) >= 11 is 0. The van der Waals surface area contributed by atoms with Crippen molar-refractivity contribution >= 4 is 33.4 Å². The van der Waals surface area contributed by atoms with E-state index in [2.05, 4.69) is 53.2 Å². The monoisotopic (exact) mass is 314 g/mol. The normalized spacial score (nSPS) is 11.0. The van der Waals surface area contributed by atoms with Gasteiger partial charge in [-0.2, -0.15) is 0 Å². The van der Waals surface area contributed by atoms with Crippen LogP contribution in [0.25, 0.3) is 21.8 Å². The summed E-state index contributed by atoms with van der Waals surface area (Å²) in [7, 11) is 0. The highest BCUT2D eigenvalue weighted by Gasteiger charge is 2.11. The molecule has 4 aromatic rings. The number of para-hydroxylation sites is 1. The smallest absolute Gasteiger partial charge is 0.255 e. The number of anilines is 1. The molecule has 0 aliphatic heterocycles. The molecule has 3 nitrogen and oxygen atoms in total. The molecule has 0 radical (unpaired) electrons. The van der Waals surface area contributed by atoms with Crippen molar-refractivity contribution in [1.82, 2.24) is 4.57 Å². The Hall–Kier alpha value is -3.07. The average molecular weight is 314 g/mol. The van der Waals surface area contributed by atoms with E-state index in [1.54, 1.807) is 0 Å². The standard InChI is InChI=1S/C21H18N2O/c1-2-23-19-11-7-6-10-17(19)18-14-16(12-13-20(18)23)22-21(24)15-8-4-3-5-9-15/h3-14H,2H2,1H3,(H,22,24). The van der Waals surface area contributed by atoms with Gasteiger partial charge in [0, 0.05) is 39.6 Å². The van der Waals surface area contributed by atoms with Gasteiger partial charge in [-0.25, -0.2) is 0 Å². The fraction of sp³-hybridized carbons (Fsp3) is 0.0952. The van der Waals surface area contributed by atoms with Crippen LogP contribution in [-0.4, -0.2) is 10.5 Å². The van der Waals surface area contributed by atoms with E-state index in [0.29, 0.717) is 5.56 Å². The molecule has 0 fully saturated rings. The maximum Gasteiger partial charge on any atom is 0.255 e. The fourth-order valence-electron chi connectivity index (χ4n) is 3.26. The maximum absolute atomic E-state index is 12.4. The van der Waals surface area contributed by atoms with Crippen LogP contribution < -0.4 is 5.32 Å². The van der Waals surface area contributed by atoms with Gasteiger partial charge in [0.2, 0.25) is 0 Å². The molecule has 0 aliphatic carbocycles. The van der Waals surface area contributed by atoms with Crippen LogP contribution in [0.4, 0.5) is 5.69 Å². The number of rotatable bonds is 3. The number of amides is 1. The molecule has 1 aromatic heterocycles.